The Labute approximate surface area is 564 Å². The van der Waals surface area contributed by atoms with E-state index in [0.29, 0.717) is 19.4 Å². The zero-order valence-electron chi connectivity index (χ0n) is 62.3. The summed E-state index contributed by atoms with van der Waals surface area (Å²) in [7, 11) is 9.98. The minimum Gasteiger partial charge on any atom is -0.390 e. The standard InChI is InChI=1S/C69H126N12O13/c1-27-32-33-46(17)58(82)57-62(86)72-49(29-3)64(88)77(23)53(39-94-35-34-81(30-4)31-5)67(91)79(25)56(45(16)28-2)61(85)73-54(43(12)13)68(92)74(20)50(36-40(6)7)60(84)70-47(18)59(83)71-48(19)63(87)75(21)51(37-41(8)9)65(89)76(22)52(38-42(10)11)66(90)78(24)55(44(14)15)69(93)80(57)26/h27,32,40-58,82H,28-31,33-39H2,1-26H3,(H,70,84)(H,71,83)(H,72,86)(H,73,85)/b32-27+/t45?,46-,47+,48-,49+,50+,51+,52+,53-,54+,55+,56+,57+,58-/m1/s1. The predicted octanol–water partition coefficient (Wildman–Crippen LogP) is 4.00. The first-order valence-corrected chi connectivity index (χ1v) is 34.3. The smallest absolute Gasteiger partial charge is 0.248 e. The van der Waals surface area contributed by atoms with Crippen LogP contribution in [0.4, 0.5) is 0 Å². The maximum atomic E-state index is 15.4. The summed E-state index contributed by atoms with van der Waals surface area (Å²) in [6, 6.07) is -14.1. The number of nitrogens with zero attached hydrogens (tertiary/aromatic N) is 8. The number of carbonyl (C=O) groups excluding carboxylic acids is 11. The molecule has 1 saturated heterocycles. The van der Waals surface area contributed by atoms with Crippen molar-refractivity contribution in [3.63, 3.8) is 0 Å². The number of ether oxygens (including phenoxy) is 1. The second-order valence-corrected chi connectivity index (χ2v) is 28.1. The molecule has 0 spiro atoms. The Hall–Kier alpha value is -6.21. The van der Waals surface area contributed by atoms with Gasteiger partial charge in [-0.3, -0.25) is 52.7 Å². The van der Waals surface area contributed by atoms with Crippen LogP contribution in [-0.4, -0.2) is 264 Å². The Bertz CT molecular complexity index is 2530. The molecule has 1 rings (SSSR count). The summed E-state index contributed by atoms with van der Waals surface area (Å²) in [6.07, 6.45) is 3.15. The number of amides is 11. The number of allylic oxidation sites excluding steroid dienone is 2. The normalized spacial score (nSPS) is 26.6. The highest BCUT2D eigenvalue weighted by atomic mass is 16.5. The van der Waals surface area contributed by atoms with Gasteiger partial charge in [-0.15, -0.1) is 0 Å². The first-order chi connectivity index (χ1) is 43.7. The highest BCUT2D eigenvalue weighted by Crippen LogP contribution is 2.26. The molecule has 1 fully saturated rings. The van der Waals surface area contributed by atoms with Gasteiger partial charge in [-0.05, 0) is 107 Å². The zero-order valence-corrected chi connectivity index (χ0v) is 62.3. The van der Waals surface area contributed by atoms with Crippen molar-refractivity contribution in [3.8, 4) is 0 Å². The quantitative estimate of drug-likeness (QED) is 0.0757. The van der Waals surface area contributed by atoms with Crippen molar-refractivity contribution in [1.82, 2.24) is 60.5 Å². The Kier molecular flexibility index (Phi) is 36.8. The Morgan fingerprint density at radius 3 is 1.38 bits per heavy atom. The highest BCUT2D eigenvalue weighted by Gasteiger charge is 2.47. The third-order valence-corrected chi connectivity index (χ3v) is 18.5. The molecule has 14 atom stereocenters. The lowest BCUT2D eigenvalue weighted by molar-refractivity contribution is -0.157. The number of hydrogen-bond donors (Lipinski definition) is 5. The van der Waals surface area contributed by atoms with Crippen molar-refractivity contribution in [2.75, 3.05) is 82.2 Å². The lowest BCUT2D eigenvalue weighted by Crippen LogP contribution is -2.64. The molecular weight excluding hydrogens is 1200 g/mol. The second-order valence-electron chi connectivity index (χ2n) is 28.1. The number of aliphatic hydroxyl groups is 1. The second kappa shape index (κ2) is 40.4. The molecule has 0 aromatic heterocycles. The van der Waals surface area contributed by atoms with Crippen LogP contribution in [0.15, 0.2) is 12.2 Å². The van der Waals surface area contributed by atoms with Crippen LogP contribution in [0, 0.1) is 41.4 Å². The first kappa shape index (κ1) is 85.8. The van der Waals surface area contributed by atoms with E-state index in [9.17, 15) is 29.1 Å². The molecule has 0 radical (unpaired) electrons. The fraction of sp³-hybridized carbons (Fsp3) is 0.812. The maximum absolute atomic E-state index is 15.4. The lowest BCUT2D eigenvalue weighted by Gasteiger charge is -2.41. The van der Waals surface area contributed by atoms with E-state index in [-0.39, 0.29) is 56.7 Å². The lowest BCUT2D eigenvalue weighted by atomic mass is 9.91. The molecule has 1 unspecified atom stereocenters. The average Bonchev–Trinajstić information content (AvgIpc) is 0.823. The van der Waals surface area contributed by atoms with Crippen LogP contribution in [-0.2, 0) is 57.5 Å². The van der Waals surface area contributed by atoms with Crippen LogP contribution in [0.1, 0.15) is 170 Å². The topological polar surface area (TPSA) is 291 Å². The third kappa shape index (κ3) is 23.9. The molecule has 0 aromatic carbocycles. The van der Waals surface area contributed by atoms with Gasteiger partial charge >= 0.3 is 0 Å². The van der Waals surface area contributed by atoms with Crippen LogP contribution in [0.2, 0.25) is 0 Å². The van der Waals surface area contributed by atoms with Crippen molar-refractivity contribution < 1.29 is 62.6 Å². The van der Waals surface area contributed by atoms with Crippen molar-refractivity contribution in [1.29, 1.82) is 0 Å². The Balaban J connectivity index is 4.56. The van der Waals surface area contributed by atoms with Crippen LogP contribution in [0.5, 0.6) is 0 Å². The molecule has 0 aliphatic carbocycles. The molecule has 1 aliphatic heterocycles. The minimum absolute atomic E-state index is 0.0237. The van der Waals surface area contributed by atoms with E-state index in [1.54, 1.807) is 61.5 Å². The van der Waals surface area contributed by atoms with Gasteiger partial charge in [0.2, 0.25) is 65.0 Å². The Morgan fingerprint density at radius 2 is 0.915 bits per heavy atom. The van der Waals surface area contributed by atoms with Crippen molar-refractivity contribution >= 4 is 65.0 Å². The van der Waals surface area contributed by atoms with Crippen LogP contribution >= 0.6 is 0 Å². The zero-order chi connectivity index (χ0) is 72.7. The molecule has 540 valence electrons. The molecule has 11 amide bonds. The summed E-state index contributed by atoms with van der Waals surface area (Å²) in [5.41, 5.74) is 0. The van der Waals surface area contributed by atoms with Crippen LogP contribution in [0.3, 0.4) is 0 Å². The third-order valence-electron chi connectivity index (χ3n) is 18.5. The summed E-state index contributed by atoms with van der Waals surface area (Å²) in [5.74, 6) is -10.4. The summed E-state index contributed by atoms with van der Waals surface area (Å²) in [6.45, 7) is 35.6. The van der Waals surface area contributed by atoms with Gasteiger partial charge in [0.05, 0.1) is 19.3 Å². The molecular formula is C69H126N12O13. The van der Waals surface area contributed by atoms with Crippen LogP contribution in [0.25, 0.3) is 0 Å². The SMILES string of the molecule is C/C=C/C[C@@H](C)[C@@H](O)[C@H]1C(=O)N[C@@H](CC)C(=O)N(C)[C@H](COCCN(CC)CC)C(=O)N(C)[C@@H](C(C)CC)C(=O)N[C@@H](C(C)C)C(=O)N(C)[C@@H](CC(C)C)C(=O)N[C@@H](C)C(=O)N[C@H](C)C(=O)N(C)[C@@H](CC(C)C)C(=O)N(C)[C@@H](CC(C)C)C(=O)N(C)[C@@H](C(C)C)C(=O)N1C. The number of carbonyl (C=O) groups is 11. The van der Waals surface area contributed by atoms with Gasteiger partial charge in [0.1, 0.15) is 66.5 Å². The van der Waals surface area contributed by atoms with E-state index >= 15 is 28.8 Å². The number of rotatable bonds is 22. The molecule has 25 heteroatoms. The van der Waals surface area contributed by atoms with E-state index < -0.39 is 161 Å². The van der Waals surface area contributed by atoms with E-state index in [4.69, 9.17) is 4.74 Å². The van der Waals surface area contributed by atoms with E-state index in [1.165, 1.54) is 92.6 Å². The number of hydrogen-bond acceptors (Lipinski definition) is 14. The van der Waals surface area contributed by atoms with E-state index in [2.05, 4.69) is 26.2 Å². The highest BCUT2D eigenvalue weighted by molar-refractivity contribution is 6.00. The summed E-state index contributed by atoms with van der Waals surface area (Å²) < 4.78 is 6.21. The molecule has 0 aromatic rings. The van der Waals surface area contributed by atoms with Gasteiger partial charge in [-0.25, -0.2) is 0 Å². The van der Waals surface area contributed by atoms with Crippen molar-refractivity contribution in [2.24, 2.45) is 41.4 Å². The number of aliphatic hydroxyl groups excluding tert-OH is 1. The van der Waals surface area contributed by atoms with Gasteiger partial charge < -0.3 is 70.3 Å². The predicted molar refractivity (Wildman–Crippen MR) is 366 cm³/mol. The molecule has 5 N–H and O–H groups in total. The summed E-state index contributed by atoms with van der Waals surface area (Å²) >= 11 is 0. The van der Waals surface area contributed by atoms with E-state index in [0.717, 1.165) is 18.0 Å². The summed E-state index contributed by atoms with van der Waals surface area (Å²) in [5, 5.41) is 23.5. The van der Waals surface area contributed by atoms with Crippen molar-refractivity contribution in [2.45, 2.75) is 243 Å². The molecule has 25 nitrogen and oxygen atoms in total. The number of likely N-dealkylation sites (N-methyl/N-ethyl adjacent to an activating group) is 8. The minimum atomic E-state index is -1.65. The van der Waals surface area contributed by atoms with Crippen molar-refractivity contribution in [3.05, 3.63) is 12.2 Å². The molecule has 94 heavy (non-hydrogen) atoms. The molecule has 1 heterocycles. The molecule has 1 aliphatic rings. The fourth-order valence-electron chi connectivity index (χ4n) is 12.0. The van der Waals surface area contributed by atoms with Gasteiger partial charge in [0.15, 0.2) is 0 Å². The molecule has 0 saturated carbocycles. The Morgan fingerprint density at radius 1 is 0.479 bits per heavy atom. The van der Waals surface area contributed by atoms with Gasteiger partial charge in [0.25, 0.3) is 0 Å². The first-order valence-electron chi connectivity index (χ1n) is 34.3. The largest absolute Gasteiger partial charge is 0.390 e. The average molecular weight is 1330 g/mol. The molecule has 0 bridgehead atoms. The van der Waals surface area contributed by atoms with E-state index in [1.807, 2.05) is 68.4 Å². The van der Waals surface area contributed by atoms with Gasteiger partial charge in [-0.1, -0.05) is 129 Å². The maximum Gasteiger partial charge on any atom is 0.248 e. The monoisotopic (exact) mass is 1330 g/mol. The number of nitrogens with one attached hydrogen (secondary N) is 4. The summed E-state index contributed by atoms with van der Waals surface area (Å²) in [4.78, 5) is 175. The van der Waals surface area contributed by atoms with Gasteiger partial charge in [-0.2, -0.15) is 0 Å². The fourth-order valence-corrected chi connectivity index (χ4v) is 12.0. The van der Waals surface area contributed by atoms with Crippen LogP contribution < -0.4 is 21.3 Å². The van der Waals surface area contributed by atoms with Gasteiger partial charge in [0, 0.05) is 55.9 Å².